The summed E-state index contributed by atoms with van der Waals surface area (Å²) in [5.41, 5.74) is 0.357. The first-order valence-corrected chi connectivity index (χ1v) is 9.46. The number of nitrogens with one attached hydrogen (secondary N) is 4. The molecule has 2 amide bonds. The third-order valence-electron chi connectivity index (χ3n) is 4.46. The van der Waals surface area contributed by atoms with Crippen molar-refractivity contribution in [3.63, 3.8) is 0 Å². The van der Waals surface area contributed by atoms with Crippen LogP contribution in [0.5, 0.6) is 0 Å². The zero-order valence-corrected chi connectivity index (χ0v) is 15.4. The molecule has 3 aromatic rings. The molecule has 2 aromatic carbocycles. The van der Waals surface area contributed by atoms with Crippen LogP contribution in [0.25, 0.3) is 10.8 Å². The SMILES string of the molecule is O=C(CNC(=O)C1Cc2ccccc2S1)Nc1cccc2c(=O)[nH][nH]c(=O)c12. The quantitative estimate of drug-likeness (QED) is 0.524. The molecule has 0 saturated heterocycles. The number of carbonyl (C=O) groups is 2. The lowest BCUT2D eigenvalue weighted by atomic mass is 10.1. The van der Waals surface area contributed by atoms with Gasteiger partial charge < -0.3 is 10.6 Å². The molecule has 28 heavy (non-hydrogen) atoms. The van der Waals surface area contributed by atoms with E-state index in [1.54, 1.807) is 6.07 Å². The van der Waals surface area contributed by atoms with Crippen molar-refractivity contribution >= 4 is 40.0 Å². The van der Waals surface area contributed by atoms with Crippen LogP contribution in [-0.4, -0.2) is 33.8 Å². The summed E-state index contributed by atoms with van der Waals surface area (Å²) in [6.45, 7) is -0.232. The number of anilines is 1. The second-order valence-electron chi connectivity index (χ2n) is 6.32. The van der Waals surface area contributed by atoms with Gasteiger partial charge in [-0.15, -0.1) is 11.8 Å². The number of hydrogen-bond acceptors (Lipinski definition) is 5. The maximum Gasteiger partial charge on any atom is 0.272 e. The zero-order valence-electron chi connectivity index (χ0n) is 14.6. The Labute approximate surface area is 162 Å². The molecule has 1 aliphatic rings. The summed E-state index contributed by atoms with van der Waals surface area (Å²) >= 11 is 1.48. The molecule has 4 rings (SSSR count). The molecule has 1 aliphatic heterocycles. The largest absolute Gasteiger partial charge is 0.346 e. The number of aromatic amines is 2. The standard InChI is InChI=1S/C19H16N4O4S/c24-15(9-20-18(26)14-8-10-4-1-2-7-13(10)28-14)21-12-6-3-5-11-16(12)19(27)23-22-17(11)25/h1-7,14H,8-9H2,(H,20,26)(H,21,24)(H,22,25)(H,23,27). The summed E-state index contributed by atoms with van der Waals surface area (Å²) in [5.74, 6) is -0.704. The molecule has 8 nitrogen and oxygen atoms in total. The van der Waals surface area contributed by atoms with E-state index in [1.165, 1.54) is 23.9 Å². The van der Waals surface area contributed by atoms with Gasteiger partial charge in [0.1, 0.15) is 0 Å². The molecule has 0 radical (unpaired) electrons. The van der Waals surface area contributed by atoms with E-state index in [9.17, 15) is 19.2 Å². The van der Waals surface area contributed by atoms with E-state index in [0.717, 1.165) is 10.5 Å². The minimum absolute atomic E-state index is 0.0905. The second-order valence-corrected chi connectivity index (χ2v) is 7.57. The average molecular weight is 396 g/mol. The summed E-state index contributed by atoms with van der Waals surface area (Å²) in [7, 11) is 0. The van der Waals surface area contributed by atoms with E-state index < -0.39 is 17.0 Å². The predicted molar refractivity (Wildman–Crippen MR) is 107 cm³/mol. The lowest BCUT2D eigenvalue weighted by Crippen LogP contribution is -2.38. The van der Waals surface area contributed by atoms with E-state index in [2.05, 4.69) is 20.8 Å². The van der Waals surface area contributed by atoms with Gasteiger partial charge in [0.15, 0.2) is 0 Å². The van der Waals surface area contributed by atoms with Crippen LogP contribution >= 0.6 is 11.8 Å². The molecule has 0 saturated carbocycles. The molecule has 9 heteroatoms. The van der Waals surface area contributed by atoms with E-state index >= 15 is 0 Å². The monoisotopic (exact) mass is 396 g/mol. The number of fused-ring (bicyclic) bond motifs is 2. The Hall–Kier alpha value is -3.33. The van der Waals surface area contributed by atoms with Crippen molar-refractivity contribution in [3.8, 4) is 0 Å². The molecule has 2 heterocycles. The number of hydrogen-bond donors (Lipinski definition) is 4. The molecule has 0 fully saturated rings. The van der Waals surface area contributed by atoms with Crippen LogP contribution in [0.15, 0.2) is 56.9 Å². The third kappa shape index (κ3) is 3.44. The molecule has 142 valence electrons. The van der Waals surface area contributed by atoms with Crippen LogP contribution in [0.2, 0.25) is 0 Å². The lowest BCUT2D eigenvalue weighted by Gasteiger charge is -2.11. The first kappa shape index (κ1) is 18.1. The van der Waals surface area contributed by atoms with Crippen LogP contribution in [0.4, 0.5) is 5.69 Å². The van der Waals surface area contributed by atoms with Crippen molar-refractivity contribution in [3.05, 3.63) is 68.7 Å². The normalized spacial score (nSPS) is 15.2. The fraction of sp³-hybridized carbons (Fsp3) is 0.158. The van der Waals surface area contributed by atoms with Crippen molar-refractivity contribution in [2.24, 2.45) is 0 Å². The topological polar surface area (TPSA) is 124 Å². The van der Waals surface area contributed by atoms with Gasteiger partial charge in [-0.2, -0.15) is 0 Å². The summed E-state index contributed by atoms with van der Waals surface area (Å²) in [4.78, 5) is 49.6. The second kappa shape index (κ2) is 7.35. The van der Waals surface area contributed by atoms with E-state index in [0.29, 0.717) is 6.42 Å². The highest BCUT2D eigenvalue weighted by Crippen LogP contribution is 2.36. The Morgan fingerprint density at radius 1 is 1.04 bits per heavy atom. The van der Waals surface area contributed by atoms with Gasteiger partial charge in [0, 0.05) is 4.90 Å². The Kier molecular flexibility index (Phi) is 4.74. The maximum absolute atomic E-state index is 12.4. The van der Waals surface area contributed by atoms with E-state index in [4.69, 9.17) is 0 Å². The molecular weight excluding hydrogens is 380 g/mol. The lowest BCUT2D eigenvalue weighted by molar-refractivity contribution is -0.123. The first-order chi connectivity index (χ1) is 13.5. The highest BCUT2D eigenvalue weighted by molar-refractivity contribution is 8.01. The van der Waals surface area contributed by atoms with Gasteiger partial charge >= 0.3 is 0 Å². The van der Waals surface area contributed by atoms with Gasteiger partial charge in [-0.05, 0) is 30.2 Å². The number of aromatic nitrogens is 2. The third-order valence-corrected chi connectivity index (χ3v) is 5.78. The van der Waals surface area contributed by atoms with Crippen molar-refractivity contribution in [2.75, 3.05) is 11.9 Å². The van der Waals surface area contributed by atoms with Crippen LogP contribution in [-0.2, 0) is 16.0 Å². The molecule has 0 aliphatic carbocycles. The highest BCUT2D eigenvalue weighted by atomic mass is 32.2. The van der Waals surface area contributed by atoms with Gasteiger partial charge in [-0.1, -0.05) is 24.3 Å². The smallest absolute Gasteiger partial charge is 0.272 e. The number of thioether (sulfide) groups is 1. The van der Waals surface area contributed by atoms with Gasteiger partial charge in [0.05, 0.1) is 28.3 Å². The fourth-order valence-electron chi connectivity index (χ4n) is 3.14. The van der Waals surface area contributed by atoms with Gasteiger partial charge in [-0.3, -0.25) is 29.4 Å². The van der Waals surface area contributed by atoms with Crippen molar-refractivity contribution in [1.29, 1.82) is 0 Å². The Balaban J connectivity index is 1.41. The van der Waals surface area contributed by atoms with Crippen LogP contribution in [0, 0.1) is 0 Å². The van der Waals surface area contributed by atoms with E-state index in [1.807, 2.05) is 24.3 Å². The number of H-pyrrole nitrogens is 2. The first-order valence-electron chi connectivity index (χ1n) is 8.59. The molecule has 1 aromatic heterocycles. The number of amides is 2. The minimum atomic E-state index is -0.519. The van der Waals surface area contributed by atoms with Crippen molar-refractivity contribution in [1.82, 2.24) is 15.5 Å². The molecule has 1 atom stereocenters. The molecule has 1 unspecified atom stereocenters. The summed E-state index contributed by atoms with van der Waals surface area (Å²) in [6.07, 6.45) is 0.621. The maximum atomic E-state index is 12.4. The minimum Gasteiger partial charge on any atom is -0.346 e. The van der Waals surface area contributed by atoms with Gasteiger partial charge in [-0.25, -0.2) is 0 Å². The van der Waals surface area contributed by atoms with Crippen LogP contribution in [0.3, 0.4) is 0 Å². The van der Waals surface area contributed by atoms with E-state index in [-0.39, 0.29) is 34.2 Å². The number of carbonyl (C=O) groups excluding carboxylic acids is 2. The molecule has 0 spiro atoms. The summed E-state index contributed by atoms with van der Waals surface area (Å²) in [6, 6.07) is 12.4. The molecule has 4 N–H and O–H groups in total. The van der Waals surface area contributed by atoms with Crippen LogP contribution < -0.4 is 21.8 Å². The molecular formula is C19H16N4O4S. The van der Waals surface area contributed by atoms with Crippen LogP contribution in [0.1, 0.15) is 5.56 Å². The average Bonchev–Trinajstić information content (AvgIpc) is 3.13. The Morgan fingerprint density at radius 3 is 2.64 bits per heavy atom. The fourth-order valence-corrected chi connectivity index (χ4v) is 4.36. The Morgan fingerprint density at radius 2 is 1.82 bits per heavy atom. The summed E-state index contributed by atoms with van der Waals surface area (Å²) < 4.78 is 0. The summed E-state index contributed by atoms with van der Waals surface area (Å²) in [5, 5.41) is 9.67. The van der Waals surface area contributed by atoms with Crippen molar-refractivity contribution in [2.45, 2.75) is 16.6 Å². The van der Waals surface area contributed by atoms with Gasteiger partial charge in [0.25, 0.3) is 11.1 Å². The molecule has 0 bridgehead atoms. The predicted octanol–water partition coefficient (Wildman–Crippen LogP) is 0.988. The zero-order chi connectivity index (χ0) is 19.7. The van der Waals surface area contributed by atoms with Gasteiger partial charge in [0.2, 0.25) is 11.8 Å². The number of benzene rings is 2. The Bertz CT molecular complexity index is 1180. The van der Waals surface area contributed by atoms with Crippen molar-refractivity contribution < 1.29 is 9.59 Å². The highest BCUT2D eigenvalue weighted by Gasteiger charge is 2.28. The number of rotatable bonds is 4.